The SMILES string of the molecule is CN(C)C(CNc1c(NCc2ccncc2)c(=O)c1=O)c1ccccc1. The first-order chi connectivity index (χ1) is 12.6. The van der Waals surface area contributed by atoms with Crippen LogP contribution in [0.1, 0.15) is 17.2 Å². The Labute approximate surface area is 152 Å². The number of likely N-dealkylation sites (N-methyl/N-ethyl adjacent to an activating group) is 1. The highest BCUT2D eigenvalue weighted by Crippen LogP contribution is 2.21. The van der Waals surface area contributed by atoms with Gasteiger partial charge >= 0.3 is 0 Å². The van der Waals surface area contributed by atoms with Crippen LogP contribution in [-0.2, 0) is 6.54 Å². The van der Waals surface area contributed by atoms with Gasteiger partial charge in [0, 0.05) is 25.5 Å². The van der Waals surface area contributed by atoms with E-state index in [1.54, 1.807) is 12.4 Å². The van der Waals surface area contributed by atoms with Gasteiger partial charge in [-0.05, 0) is 37.4 Å². The van der Waals surface area contributed by atoms with Crippen LogP contribution in [0.3, 0.4) is 0 Å². The lowest BCUT2D eigenvalue weighted by molar-refractivity contribution is 0.312. The molecular weight excluding hydrogens is 328 g/mol. The number of rotatable bonds is 8. The minimum atomic E-state index is -0.470. The van der Waals surface area contributed by atoms with Crippen molar-refractivity contribution in [2.75, 3.05) is 31.3 Å². The Hall–Kier alpha value is -2.99. The Kier molecular flexibility index (Phi) is 5.43. The van der Waals surface area contributed by atoms with E-state index in [4.69, 9.17) is 0 Å². The molecule has 0 amide bonds. The van der Waals surface area contributed by atoms with Crippen LogP contribution in [-0.4, -0.2) is 30.5 Å². The van der Waals surface area contributed by atoms with Gasteiger partial charge in [-0.3, -0.25) is 14.6 Å². The van der Waals surface area contributed by atoms with E-state index in [2.05, 4.69) is 32.7 Å². The number of pyridine rings is 1. The van der Waals surface area contributed by atoms with Crippen LogP contribution in [0, 0.1) is 0 Å². The second-order valence-electron chi connectivity index (χ2n) is 6.39. The summed E-state index contributed by atoms with van der Waals surface area (Å²) in [4.78, 5) is 29.9. The fourth-order valence-electron chi connectivity index (χ4n) is 2.89. The molecule has 0 aliphatic heterocycles. The van der Waals surface area contributed by atoms with Gasteiger partial charge in [-0.2, -0.15) is 0 Å². The second-order valence-corrected chi connectivity index (χ2v) is 6.39. The van der Waals surface area contributed by atoms with Gasteiger partial charge in [0.1, 0.15) is 11.4 Å². The maximum absolute atomic E-state index is 12.0. The summed E-state index contributed by atoms with van der Waals surface area (Å²) < 4.78 is 0. The maximum atomic E-state index is 12.0. The number of nitrogens with zero attached hydrogens (tertiary/aromatic N) is 2. The van der Waals surface area contributed by atoms with Gasteiger partial charge < -0.3 is 15.5 Å². The zero-order valence-corrected chi connectivity index (χ0v) is 14.9. The average molecular weight is 350 g/mol. The van der Waals surface area contributed by atoms with Crippen molar-refractivity contribution in [1.29, 1.82) is 0 Å². The minimum Gasteiger partial charge on any atom is -0.378 e. The topological polar surface area (TPSA) is 74.3 Å². The summed E-state index contributed by atoms with van der Waals surface area (Å²) in [5.74, 6) is 0. The van der Waals surface area contributed by atoms with Crippen LogP contribution in [0.2, 0.25) is 0 Å². The van der Waals surface area contributed by atoms with Gasteiger partial charge in [-0.1, -0.05) is 30.3 Å². The summed E-state index contributed by atoms with van der Waals surface area (Å²) in [7, 11) is 3.98. The summed E-state index contributed by atoms with van der Waals surface area (Å²) in [5, 5.41) is 6.22. The van der Waals surface area contributed by atoms with E-state index in [1.807, 2.05) is 44.4 Å². The van der Waals surface area contributed by atoms with Crippen molar-refractivity contribution in [2.45, 2.75) is 12.6 Å². The zero-order chi connectivity index (χ0) is 18.5. The normalized spacial score (nSPS) is 12.3. The molecule has 1 aromatic heterocycles. The molecule has 3 rings (SSSR count). The average Bonchev–Trinajstić information content (AvgIpc) is 2.67. The van der Waals surface area contributed by atoms with Crippen LogP contribution in [0.25, 0.3) is 0 Å². The molecule has 0 aliphatic rings. The molecule has 1 heterocycles. The van der Waals surface area contributed by atoms with E-state index >= 15 is 0 Å². The van der Waals surface area contributed by atoms with E-state index in [1.165, 1.54) is 0 Å². The fraction of sp³-hybridized carbons (Fsp3) is 0.250. The van der Waals surface area contributed by atoms with E-state index in [9.17, 15) is 9.59 Å². The fourth-order valence-corrected chi connectivity index (χ4v) is 2.89. The van der Waals surface area contributed by atoms with Gasteiger partial charge in [0.25, 0.3) is 10.9 Å². The highest BCUT2D eigenvalue weighted by molar-refractivity contribution is 5.74. The molecule has 0 bridgehead atoms. The summed E-state index contributed by atoms with van der Waals surface area (Å²) in [6.07, 6.45) is 3.39. The lowest BCUT2D eigenvalue weighted by Gasteiger charge is -2.26. The van der Waals surface area contributed by atoms with Gasteiger partial charge in [-0.15, -0.1) is 0 Å². The van der Waals surface area contributed by atoms with E-state index in [0.717, 1.165) is 11.1 Å². The van der Waals surface area contributed by atoms with Gasteiger partial charge in [-0.25, -0.2) is 0 Å². The maximum Gasteiger partial charge on any atom is 0.253 e. The molecule has 1 unspecified atom stereocenters. The Morgan fingerprint density at radius 1 is 0.923 bits per heavy atom. The number of hydrogen-bond acceptors (Lipinski definition) is 6. The Balaban J connectivity index is 1.69. The van der Waals surface area contributed by atoms with E-state index in [-0.39, 0.29) is 6.04 Å². The molecule has 0 radical (unpaired) electrons. The monoisotopic (exact) mass is 350 g/mol. The Morgan fingerprint density at radius 2 is 1.54 bits per heavy atom. The van der Waals surface area contributed by atoms with E-state index in [0.29, 0.717) is 24.5 Å². The van der Waals surface area contributed by atoms with Crippen molar-refractivity contribution in [1.82, 2.24) is 9.88 Å². The zero-order valence-electron chi connectivity index (χ0n) is 14.9. The number of benzene rings is 1. The van der Waals surface area contributed by atoms with E-state index < -0.39 is 10.9 Å². The summed E-state index contributed by atoms with van der Waals surface area (Å²) in [6.45, 7) is 1.00. The molecule has 2 N–H and O–H groups in total. The molecule has 0 saturated heterocycles. The third kappa shape index (κ3) is 3.81. The molecule has 0 saturated carbocycles. The number of nitrogens with one attached hydrogen (secondary N) is 2. The number of aromatic nitrogens is 1. The summed E-state index contributed by atoms with van der Waals surface area (Å²) in [6, 6.07) is 13.9. The third-order valence-corrected chi connectivity index (χ3v) is 4.41. The largest absolute Gasteiger partial charge is 0.378 e. The molecule has 1 atom stereocenters. The predicted molar refractivity (Wildman–Crippen MR) is 104 cm³/mol. The molecule has 134 valence electrons. The predicted octanol–water partition coefficient (Wildman–Crippen LogP) is 2.00. The van der Waals surface area contributed by atoms with Crippen molar-refractivity contribution in [3.63, 3.8) is 0 Å². The molecule has 0 fully saturated rings. The molecule has 2 aromatic carbocycles. The second kappa shape index (κ2) is 7.93. The Morgan fingerprint density at radius 3 is 2.15 bits per heavy atom. The molecule has 3 aromatic rings. The molecule has 0 aliphatic carbocycles. The van der Waals surface area contributed by atoms with Gasteiger partial charge in [0.05, 0.1) is 6.04 Å². The lowest BCUT2D eigenvalue weighted by Crippen LogP contribution is -2.39. The van der Waals surface area contributed by atoms with Crippen molar-refractivity contribution in [2.24, 2.45) is 0 Å². The third-order valence-electron chi connectivity index (χ3n) is 4.41. The molecule has 6 nitrogen and oxygen atoms in total. The van der Waals surface area contributed by atoms with Gasteiger partial charge in [0.15, 0.2) is 0 Å². The highest BCUT2D eigenvalue weighted by Gasteiger charge is 2.22. The van der Waals surface area contributed by atoms with Crippen LogP contribution in [0.15, 0.2) is 64.4 Å². The minimum absolute atomic E-state index is 0.0913. The van der Waals surface area contributed by atoms with Crippen molar-refractivity contribution in [3.05, 3.63) is 86.4 Å². The van der Waals surface area contributed by atoms with Crippen molar-refractivity contribution >= 4 is 11.4 Å². The van der Waals surface area contributed by atoms with Crippen molar-refractivity contribution in [3.8, 4) is 0 Å². The van der Waals surface area contributed by atoms with Gasteiger partial charge in [0.2, 0.25) is 0 Å². The quantitative estimate of drug-likeness (QED) is 0.606. The molecular formula is C20H22N4O2. The lowest BCUT2D eigenvalue weighted by atomic mass is 10.1. The molecule has 6 heteroatoms. The van der Waals surface area contributed by atoms with Crippen LogP contribution in [0.4, 0.5) is 11.4 Å². The highest BCUT2D eigenvalue weighted by atomic mass is 16.2. The number of anilines is 2. The first-order valence-corrected chi connectivity index (χ1v) is 8.49. The number of hydrogen-bond donors (Lipinski definition) is 2. The summed E-state index contributed by atoms with van der Waals surface area (Å²) in [5.41, 5.74) is 1.93. The Bertz CT molecular complexity index is 916. The van der Waals surface area contributed by atoms with Crippen molar-refractivity contribution < 1.29 is 0 Å². The van der Waals surface area contributed by atoms with Crippen LogP contribution in [0.5, 0.6) is 0 Å². The van der Waals surface area contributed by atoms with Crippen LogP contribution >= 0.6 is 0 Å². The first kappa shape index (κ1) is 17.8. The molecule has 26 heavy (non-hydrogen) atoms. The smallest absolute Gasteiger partial charge is 0.253 e. The summed E-state index contributed by atoms with van der Waals surface area (Å²) >= 11 is 0. The first-order valence-electron chi connectivity index (χ1n) is 8.49. The standard InChI is InChI=1S/C20H22N4O2/c1-24(2)16(15-6-4-3-5-7-15)13-23-18-17(19(25)20(18)26)22-12-14-8-10-21-11-9-14/h3-11,16,22-23H,12-13H2,1-2H3. The van der Waals surface area contributed by atoms with Crippen LogP contribution < -0.4 is 21.5 Å². The molecule has 0 spiro atoms.